The lowest BCUT2D eigenvalue weighted by atomic mass is 10.1. The van der Waals surface area contributed by atoms with Gasteiger partial charge in [-0.15, -0.1) is 11.3 Å². The predicted molar refractivity (Wildman–Crippen MR) is 86.2 cm³/mol. The van der Waals surface area contributed by atoms with Gasteiger partial charge in [-0.05, 0) is 37.8 Å². The molecule has 1 amide bonds. The van der Waals surface area contributed by atoms with E-state index in [9.17, 15) is 4.79 Å². The molecule has 3 heterocycles. The summed E-state index contributed by atoms with van der Waals surface area (Å²) < 4.78 is 5.22. The van der Waals surface area contributed by atoms with Crippen molar-refractivity contribution in [2.45, 2.75) is 27.3 Å². The van der Waals surface area contributed by atoms with Crippen LogP contribution in [-0.4, -0.2) is 47.0 Å². The minimum Gasteiger partial charge on any atom is -0.361 e. The third-order valence-electron chi connectivity index (χ3n) is 4.16. The van der Waals surface area contributed by atoms with E-state index in [2.05, 4.69) is 10.1 Å². The minimum absolute atomic E-state index is 0.162. The third kappa shape index (κ3) is 3.08. The first-order chi connectivity index (χ1) is 10.5. The van der Waals surface area contributed by atoms with E-state index in [4.69, 9.17) is 4.52 Å². The Bertz CT molecular complexity index is 649. The van der Waals surface area contributed by atoms with Crippen LogP contribution in [0.5, 0.6) is 0 Å². The van der Waals surface area contributed by atoms with Crippen molar-refractivity contribution < 1.29 is 9.32 Å². The Hall–Kier alpha value is -1.66. The number of rotatable bonds is 3. The second kappa shape index (κ2) is 6.22. The highest BCUT2D eigenvalue weighted by Crippen LogP contribution is 2.19. The van der Waals surface area contributed by atoms with Crippen LogP contribution in [0.4, 0.5) is 0 Å². The maximum Gasteiger partial charge on any atom is 0.264 e. The number of amides is 1. The number of piperazine rings is 1. The molecule has 5 nitrogen and oxygen atoms in total. The Kier molecular flexibility index (Phi) is 4.31. The molecule has 0 aliphatic carbocycles. The van der Waals surface area contributed by atoms with Crippen LogP contribution in [0.15, 0.2) is 16.0 Å². The number of hydrogen-bond acceptors (Lipinski definition) is 5. The van der Waals surface area contributed by atoms with Gasteiger partial charge in [-0.2, -0.15) is 0 Å². The fraction of sp³-hybridized carbons (Fsp3) is 0.500. The van der Waals surface area contributed by atoms with Crippen molar-refractivity contribution >= 4 is 17.2 Å². The Morgan fingerprint density at radius 1 is 1.27 bits per heavy atom. The van der Waals surface area contributed by atoms with Gasteiger partial charge in [-0.3, -0.25) is 9.69 Å². The Morgan fingerprint density at radius 3 is 2.55 bits per heavy atom. The van der Waals surface area contributed by atoms with E-state index in [1.165, 1.54) is 16.9 Å². The van der Waals surface area contributed by atoms with Gasteiger partial charge in [-0.25, -0.2) is 0 Å². The Labute approximate surface area is 134 Å². The van der Waals surface area contributed by atoms with Crippen LogP contribution in [0.1, 0.15) is 32.3 Å². The molecule has 3 rings (SSSR count). The largest absolute Gasteiger partial charge is 0.361 e. The van der Waals surface area contributed by atoms with Gasteiger partial charge >= 0.3 is 0 Å². The van der Waals surface area contributed by atoms with E-state index >= 15 is 0 Å². The molecule has 6 heteroatoms. The molecule has 0 N–H and O–H groups in total. The van der Waals surface area contributed by atoms with E-state index in [-0.39, 0.29) is 5.91 Å². The molecule has 0 bridgehead atoms. The second-order valence-electron chi connectivity index (χ2n) is 5.86. The smallest absolute Gasteiger partial charge is 0.264 e. The number of nitrogens with zero attached hydrogens (tertiary/aromatic N) is 3. The summed E-state index contributed by atoms with van der Waals surface area (Å²) in [5, 5.41) is 6.03. The van der Waals surface area contributed by atoms with Crippen molar-refractivity contribution in [1.82, 2.24) is 15.0 Å². The van der Waals surface area contributed by atoms with Crippen LogP contribution >= 0.6 is 11.3 Å². The van der Waals surface area contributed by atoms with E-state index in [1.54, 1.807) is 0 Å². The number of hydrogen-bond donors (Lipinski definition) is 0. The van der Waals surface area contributed by atoms with Gasteiger partial charge < -0.3 is 9.42 Å². The average Bonchev–Trinajstić information content (AvgIpc) is 3.08. The molecule has 1 saturated heterocycles. The first-order valence-corrected chi connectivity index (χ1v) is 8.41. The van der Waals surface area contributed by atoms with Gasteiger partial charge in [0.1, 0.15) is 5.76 Å². The summed E-state index contributed by atoms with van der Waals surface area (Å²) in [7, 11) is 0. The molecular formula is C16H21N3O2S. The molecule has 1 aliphatic rings. The number of aryl methyl sites for hydroxylation is 3. The van der Waals surface area contributed by atoms with Crippen molar-refractivity contribution in [1.29, 1.82) is 0 Å². The predicted octanol–water partition coefficient (Wildman–Crippen LogP) is 2.62. The Morgan fingerprint density at radius 2 is 2.00 bits per heavy atom. The van der Waals surface area contributed by atoms with Crippen molar-refractivity contribution in [3.8, 4) is 0 Å². The van der Waals surface area contributed by atoms with Crippen molar-refractivity contribution in [3.63, 3.8) is 0 Å². The summed E-state index contributed by atoms with van der Waals surface area (Å²) in [4.78, 5) is 17.6. The Balaban J connectivity index is 1.57. The van der Waals surface area contributed by atoms with Crippen molar-refractivity contribution in [3.05, 3.63) is 38.9 Å². The third-order valence-corrected chi connectivity index (χ3v) is 5.20. The normalized spacial score (nSPS) is 16.2. The van der Waals surface area contributed by atoms with Crippen molar-refractivity contribution in [2.24, 2.45) is 0 Å². The lowest BCUT2D eigenvalue weighted by Crippen LogP contribution is -2.48. The molecule has 2 aromatic heterocycles. The van der Waals surface area contributed by atoms with Crippen LogP contribution in [-0.2, 0) is 6.54 Å². The van der Waals surface area contributed by atoms with Crippen LogP contribution in [0, 0.1) is 20.8 Å². The summed E-state index contributed by atoms with van der Waals surface area (Å²) in [6.07, 6.45) is 0. The van der Waals surface area contributed by atoms with Crippen LogP contribution in [0.2, 0.25) is 0 Å². The fourth-order valence-corrected chi connectivity index (χ4v) is 3.62. The zero-order valence-electron chi connectivity index (χ0n) is 13.3. The second-order valence-corrected chi connectivity index (χ2v) is 6.77. The zero-order valence-corrected chi connectivity index (χ0v) is 14.1. The highest BCUT2D eigenvalue weighted by molar-refractivity contribution is 7.12. The van der Waals surface area contributed by atoms with Gasteiger partial charge in [0.15, 0.2) is 0 Å². The quantitative estimate of drug-likeness (QED) is 0.872. The molecule has 0 atom stereocenters. The summed E-state index contributed by atoms with van der Waals surface area (Å²) >= 11 is 1.53. The lowest BCUT2D eigenvalue weighted by molar-refractivity contribution is 0.0632. The van der Waals surface area contributed by atoms with Gasteiger partial charge in [-0.1, -0.05) is 5.16 Å². The molecule has 118 valence electrons. The molecular weight excluding hydrogens is 298 g/mol. The molecule has 2 aromatic rings. The lowest BCUT2D eigenvalue weighted by Gasteiger charge is -2.34. The van der Waals surface area contributed by atoms with E-state index < -0.39 is 0 Å². The van der Waals surface area contributed by atoms with Gasteiger partial charge in [0.05, 0.1) is 10.6 Å². The highest BCUT2D eigenvalue weighted by atomic mass is 32.1. The summed E-state index contributed by atoms with van der Waals surface area (Å²) in [5.74, 6) is 1.06. The summed E-state index contributed by atoms with van der Waals surface area (Å²) in [6, 6.07) is 1.98. The average molecular weight is 319 g/mol. The molecule has 0 unspecified atom stereocenters. The summed E-state index contributed by atoms with van der Waals surface area (Å²) in [5.41, 5.74) is 3.30. The molecule has 22 heavy (non-hydrogen) atoms. The molecule has 0 aromatic carbocycles. The maximum atomic E-state index is 12.4. The van der Waals surface area contributed by atoms with Gasteiger partial charge in [0.25, 0.3) is 5.91 Å². The first-order valence-electron chi connectivity index (χ1n) is 7.53. The highest BCUT2D eigenvalue weighted by Gasteiger charge is 2.24. The van der Waals surface area contributed by atoms with Gasteiger partial charge in [0.2, 0.25) is 0 Å². The fourth-order valence-electron chi connectivity index (χ4n) is 2.76. The van der Waals surface area contributed by atoms with E-state index in [1.807, 2.05) is 37.1 Å². The summed E-state index contributed by atoms with van der Waals surface area (Å²) in [6.45, 7) is 10.1. The van der Waals surface area contributed by atoms with Crippen molar-refractivity contribution in [2.75, 3.05) is 26.2 Å². The molecule has 1 aliphatic heterocycles. The van der Waals surface area contributed by atoms with Crippen LogP contribution in [0.25, 0.3) is 0 Å². The minimum atomic E-state index is 0.162. The number of aromatic nitrogens is 1. The number of carbonyl (C=O) groups is 1. The number of carbonyl (C=O) groups excluding carboxylic acids is 1. The molecule has 0 saturated carbocycles. The van der Waals surface area contributed by atoms with Crippen LogP contribution < -0.4 is 0 Å². The SMILES string of the molecule is Cc1csc(C(=O)N2CCN(Cc3c(C)noc3C)CC2)c1. The molecule has 1 fully saturated rings. The standard InChI is InChI=1S/C16H21N3O2S/c1-11-8-15(22-10-11)16(20)19-6-4-18(5-7-19)9-14-12(2)17-21-13(14)3/h8,10H,4-7,9H2,1-3H3. The zero-order chi connectivity index (χ0) is 15.7. The first kappa shape index (κ1) is 15.2. The van der Waals surface area contributed by atoms with Crippen LogP contribution in [0.3, 0.4) is 0 Å². The monoisotopic (exact) mass is 319 g/mol. The van der Waals surface area contributed by atoms with Gasteiger partial charge in [0, 0.05) is 38.3 Å². The van der Waals surface area contributed by atoms with E-state index in [0.29, 0.717) is 0 Å². The number of thiophene rings is 1. The molecule has 0 radical (unpaired) electrons. The topological polar surface area (TPSA) is 49.6 Å². The van der Waals surface area contributed by atoms with E-state index in [0.717, 1.165) is 54.6 Å². The molecule has 0 spiro atoms. The maximum absolute atomic E-state index is 12.4.